The highest BCUT2D eigenvalue weighted by Crippen LogP contribution is 2.39. The van der Waals surface area contributed by atoms with Gasteiger partial charge in [-0.3, -0.25) is 9.59 Å². The fourth-order valence-corrected chi connectivity index (χ4v) is 6.90. The van der Waals surface area contributed by atoms with Crippen molar-refractivity contribution < 1.29 is 64.9 Å². The summed E-state index contributed by atoms with van der Waals surface area (Å²) in [5, 5.41) is 21.7. The molecule has 21 heteroatoms. The second-order valence-electron chi connectivity index (χ2n) is 13.0. The molecule has 0 aliphatic rings. The number of phenols is 1. The number of ether oxygens (including phenoxy) is 1. The zero-order chi connectivity index (χ0) is 41.5. The number of nitrogens with one attached hydrogen (secondary N) is 2. The summed E-state index contributed by atoms with van der Waals surface area (Å²) in [6.45, 7) is 12.0. The van der Waals surface area contributed by atoms with Crippen LogP contribution in [0.2, 0.25) is 18.1 Å². The lowest BCUT2D eigenvalue weighted by molar-refractivity contribution is -0.141. The number of hydrogen-bond donors (Lipinski definition) is 4. The summed E-state index contributed by atoms with van der Waals surface area (Å²) in [5.74, 6) is -3.57. The molecule has 0 saturated carbocycles. The Balaban J connectivity index is 0.000000311. The number of amides is 2. The fourth-order valence-electron chi connectivity index (χ4n) is 4.14. The lowest BCUT2D eigenvalue weighted by atomic mass is 10.1. The number of aromatic carboxylic acids is 1. The smallest absolute Gasteiger partial charge is 0.435 e. The first-order valence-electron chi connectivity index (χ1n) is 16.0. The number of hydrogen-bond acceptors (Lipinski definition) is 11. The molecule has 0 bridgehead atoms. The minimum Gasteiger partial charge on any atom is -0.543 e. The van der Waals surface area contributed by atoms with Gasteiger partial charge in [0.25, 0.3) is 0 Å². The molecule has 4 rings (SSSR count). The minimum atomic E-state index is -4.93. The quantitative estimate of drug-likeness (QED) is 0.0650. The number of anilines is 2. The highest BCUT2D eigenvalue weighted by atomic mass is 32.1. The molecule has 2 aromatic carbocycles. The van der Waals surface area contributed by atoms with Gasteiger partial charge in [0.1, 0.15) is 21.3 Å². The Hall–Kier alpha value is -5.02. The van der Waals surface area contributed by atoms with E-state index in [1.807, 2.05) is 6.07 Å². The fraction of sp³-hybridized carbons (Fsp3) is 0.353. The SMILES string of the molecule is CCOC(=O)c1sc(NC(=O)Cc2cccc(O[Si](C)(C)C(C)(C)C)c2)nc1C(F)(F)F.O=C(Cc1cccc(O)c1)Nc1nc(C(F)(F)F)c(C(=O)O)s1. The summed E-state index contributed by atoms with van der Waals surface area (Å²) in [6, 6.07) is 12.8. The molecule has 0 aliphatic heterocycles. The second-order valence-corrected chi connectivity index (χ2v) is 19.8. The Kier molecular flexibility index (Phi) is 14.2. The Bertz CT molecular complexity index is 2030. The largest absolute Gasteiger partial charge is 0.543 e. The molecule has 0 saturated heterocycles. The van der Waals surface area contributed by atoms with Crippen LogP contribution in [0.3, 0.4) is 0 Å². The van der Waals surface area contributed by atoms with E-state index >= 15 is 0 Å². The molecule has 0 fully saturated rings. The molecule has 55 heavy (non-hydrogen) atoms. The number of aromatic hydroxyl groups is 1. The van der Waals surface area contributed by atoms with Crippen molar-refractivity contribution in [2.24, 2.45) is 0 Å². The number of carbonyl (C=O) groups excluding carboxylic acids is 3. The van der Waals surface area contributed by atoms with E-state index < -0.39 is 70.7 Å². The minimum absolute atomic E-state index is 0.00194. The van der Waals surface area contributed by atoms with Gasteiger partial charge in [-0.05, 0) is 60.4 Å². The standard InChI is InChI=1S/C21H27F3N2O4SSi.C13H9F3N2O4S/c1-7-29-18(28)16-17(21(22,23)24)26-19(31-16)25-15(27)12-13-9-8-10-14(11-13)30-32(5,6)20(2,3)4;14-13(15,16)10-9(11(21)22)23-12(18-10)17-8(20)5-6-2-1-3-7(19)4-6/h8-11H,7,12H2,1-6H3,(H,25,26,27);1-4,19H,5H2,(H,21,22)(H,17,18,20). The van der Waals surface area contributed by atoms with Gasteiger partial charge in [-0.2, -0.15) is 26.3 Å². The van der Waals surface area contributed by atoms with Gasteiger partial charge >= 0.3 is 24.3 Å². The maximum atomic E-state index is 13.2. The first-order valence-corrected chi connectivity index (χ1v) is 20.6. The van der Waals surface area contributed by atoms with E-state index in [0.717, 1.165) is 0 Å². The van der Waals surface area contributed by atoms with Crippen molar-refractivity contribution in [2.45, 2.75) is 71.0 Å². The predicted molar refractivity (Wildman–Crippen MR) is 194 cm³/mol. The molecule has 0 aliphatic carbocycles. The zero-order valence-electron chi connectivity index (χ0n) is 30.1. The number of carbonyl (C=O) groups is 4. The Morgan fingerprint density at radius 1 is 0.782 bits per heavy atom. The first-order chi connectivity index (χ1) is 25.3. The number of aromatic nitrogens is 2. The highest BCUT2D eigenvalue weighted by molar-refractivity contribution is 7.18. The lowest BCUT2D eigenvalue weighted by Crippen LogP contribution is -2.43. The summed E-state index contributed by atoms with van der Waals surface area (Å²) in [6.07, 6.45) is -10.1. The number of benzene rings is 2. The number of carboxylic acid groups (broad SMARTS) is 1. The van der Waals surface area contributed by atoms with Gasteiger partial charge in [-0.1, -0.05) is 67.7 Å². The van der Waals surface area contributed by atoms with Crippen molar-refractivity contribution in [1.82, 2.24) is 9.97 Å². The summed E-state index contributed by atoms with van der Waals surface area (Å²) < 4.78 is 88.6. The van der Waals surface area contributed by atoms with Crippen LogP contribution in [0.4, 0.5) is 36.6 Å². The molecule has 2 aromatic heterocycles. The van der Waals surface area contributed by atoms with Gasteiger partial charge in [0.05, 0.1) is 19.4 Å². The molecule has 4 aromatic rings. The molecule has 0 atom stereocenters. The predicted octanol–water partition coefficient (Wildman–Crippen LogP) is 8.65. The van der Waals surface area contributed by atoms with Gasteiger partial charge in [0.15, 0.2) is 21.7 Å². The van der Waals surface area contributed by atoms with Crippen LogP contribution in [0, 0.1) is 0 Å². The summed E-state index contributed by atoms with van der Waals surface area (Å²) in [7, 11) is -2.07. The third-order valence-corrected chi connectivity index (χ3v) is 13.9. The average molecular weight is 835 g/mol. The number of thiazole rings is 2. The first kappa shape index (κ1) is 44.4. The molecule has 0 radical (unpaired) electrons. The molecule has 0 unspecified atom stereocenters. The molecule has 2 heterocycles. The van der Waals surface area contributed by atoms with Crippen LogP contribution < -0.4 is 15.1 Å². The summed E-state index contributed by atoms with van der Waals surface area (Å²) in [5.41, 5.74) is -1.85. The summed E-state index contributed by atoms with van der Waals surface area (Å²) in [4.78, 5) is 51.7. The topological polar surface area (TPSA) is 177 Å². The molecular formula is C34H36F6N4O8S2Si. The molecule has 4 N–H and O–H groups in total. The van der Waals surface area contributed by atoms with Gasteiger partial charge in [-0.15, -0.1) is 0 Å². The Morgan fingerprint density at radius 3 is 1.69 bits per heavy atom. The van der Waals surface area contributed by atoms with Gasteiger partial charge in [0, 0.05) is 0 Å². The second kappa shape index (κ2) is 17.6. The third-order valence-electron chi connectivity index (χ3n) is 7.66. The zero-order valence-corrected chi connectivity index (χ0v) is 32.7. The molecular weight excluding hydrogens is 799 g/mol. The van der Waals surface area contributed by atoms with E-state index in [-0.39, 0.29) is 46.7 Å². The molecule has 2 amide bonds. The van der Waals surface area contributed by atoms with Crippen LogP contribution in [0.1, 0.15) is 69.6 Å². The van der Waals surface area contributed by atoms with Crippen molar-refractivity contribution in [2.75, 3.05) is 17.2 Å². The van der Waals surface area contributed by atoms with Crippen molar-refractivity contribution in [3.8, 4) is 11.5 Å². The van der Waals surface area contributed by atoms with Crippen molar-refractivity contribution in [3.63, 3.8) is 0 Å². The molecule has 298 valence electrons. The average Bonchev–Trinajstić information content (AvgIpc) is 3.66. The monoisotopic (exact) mass is 834 g/mol. The maximum absolute atomic E-state index is 13.2. The van der Waals surface area contributed by atoms with Crippen molar-refractivity contribution in [3.05, 3.63) is 80.8 Å². The molecule has 0 spiro atoms. The van der Waals surface area contributed by atoms with Crippen LogP contribution in [0.15, 0.2) is 48.5 Å². The highest BCUT2D eigenvalue weighted by Gasteiger charge is 2.42. The van der Waals surface area contributed by atoms with E-state index in [0.29, 0.717) is 28.2 Å². The van der Waals surface area contributed by atoms with E-state index in [1.54, 1.807) is 24.3 Å². The van der Waals surface area contributed by atoms with Crippen molar-refractivity contribution >= 4 is 65.0 Å². The number of phenolic OH excluding ortho intramolecular Hbond substituents is 1. The van der Waals surface area contributed by atoms with Crippen LogP contribution in [0.25, 0.3) is 0 Å². The number of alkyl halides is 6. The Morgan fingerprint density at radius 2 is 1.25 bits per heavy atom. The molecule has 12 nitrogen and oxygen atoms in total. The number of rotatable bonds is 11. The number of halogens is 6. The van der Waals surface area contributed by atoms with Crippen LogP contribution in [0.5, 0.6) is 11.5 Å². The van der Waals surface area contributed by atoms with Crippen LogP contribution >= 0.6 is 22.7 Å². The van der Waals surface area contributed by atoms with Gasteiger partial charge in [0.2, 0.25) is 20.1 Å². The van der Waals surface area contributed by atoms with E-state index in [1.165, 1.54) is 25.1 Å². The number of carboxylic acids is 1. The van der Waals surface area contributed by atoms with Crippen molar-refractivity contribution in [1.29, 1.82) is 0 Å². The Labute approximate surface area is 319 Å². The van der Waals surface area contributed by atoms with Crippen LogP contribution in [-0.4, -0.2) is 58.9 Å². The third kappa shape index (κ3) is 12.8. The van der Waals surface area contributed by atoms with Gasteiger partial charge < -0.3 is 30.0 Å². The maximum Gasteiger partial charge on any atom is 0.435 e. The van der Waals surface area contributed by atoms with E-state index in [2.05, 4.69) is 59.2 Å². The van der Waals surface area contributed by atoms with E-state index in [4.69, 9.17) is 9.53 Å². The summed E-state index contributed by atoms with van der Waals surface area (Å²) >= 11 is 0.655. The lowest BCUT2D eigenvalue weighted by Gasteiger charge is -2.36. The number of esters is 1. The van der Waals surface area contributed by atoms with Crippen LogP contribution in [-0.2, 0) is 39.5 Å². The van der Waals surface area contributed by atoms with Gasteiger partial charge in [-0.25, -0.2) is 19.6 Å². The normalized spacial score (nSPS) is 11.9. The van der Waals surface area contributed by atoms with E-state index in [9.17, 15) is 50.6 Å². The number of nitrogens with zero attached hydrogens (tertiary/aromatic N) is 2.